The van der Waals surface area contributed by atoms with Crippen molar-refractivity contribution in [2.45, 2.75) is 12.5 Å². The molecule has 0 radical (unpaired) electrons. The average Bonchev–Trinajstić information content (AvgIpc) is 2.94. The molecule has 0 fully saturated rings. The van der Waals surface area contributed by atoms with Crippen LogP contribution < -0.4 is 10.6 Å². The Balaban J connectivity index is 1.98. The van der Waals surface area contributed by atoms with Crippen LogP contribution in [0.3, 0.4) is 0 Å². The minimum Gasteiger partial charge on any atom is -0.479 e. The van der Waals surface area contributed by atoms with Crippen molar-refractivity contribution in [3.05, 3.63) is 39.7 Å². The zero-order chi connectivity index (χ0) is 15.0. The van der Waals surface area contributed by atoms with Crippen LogP contribution in [-0.2, 0) is 11.2 Å². The molecule has 3 N–H and O–H groups in total. The van der Waals surface area contributed by atoms with E-state index in [1.54, 1.807) is 22.3 Å². The number of carboxylic acid groups (broad SMARTS) is 1. The van der Waals surface area contributed by atoms with Crippen molar-refractivity contribution in [3.63, 3.8) is 0 Å². The molecule has 0 bridgehead atoms. The molecule has 2 aromatic heterocycles. The highest BCUT2D eigenvalue weighted by atomic mass is 32.1. The predicted molar refractivity (Wildman–Crippen MR) is 76.3 cm³/mol. The van der Waals surface area contributed by atoms with Crippen molar-refractivity contribution >= 4 is 29.0 Å². The Hall–Kier alpha value is -2.48. The molecule has 3 rings (SSSR count). The van der Waals surface area contributed by atoms with Crippen LogP contribution in [0.5, 0.6) is 0 Å². The number of thiophene rings is 1. The molecule has 3 heterocycles. The fraction of sp³-hybridized carbons (Fsp3) is 0.231. The van der Waals surface area contributed by atoms with Gasteiger partial charge in [0.1, 0.15) is 0 Å². The summed E-state index contributed by atoms with van der Waals surface area (Å²) in [6, 6.07) is 4.07. The van der Waals surface area contributed by atoms with Crippen molar-refractivity contribution < 1.29 is 14.7 Å². The van der Waals surface area contributed by atoms with E-state index in [0.717, 1.165) is 16.9 Å². The summed E-state index contributed by atoms with van der Waals surface area (Å²) in [5, 5.41) is 19.1. The zero-order valence-corrected chi connectivity index (χ0v) is 11.7. The van der Waals surface area contributed by atoms with Gasteiger partial charge in [-0.25, -0.2) is 4.79 Å². The van der Waals surface area contributed by atoms with Gasteiger partial charge in [-0.05, 0) is 35.6 Å². The smallest absolute Gasteiger partial charge is 0.331 e. The minimum absolute atomic E-state index is 0.0545. The van der Waals surface area contributed by atoms with Crippen LogP contribution in [0.2, 0.25) is 0 Å². The monoisotopic (exact) mass is 304 g/mol. The fourth-order valence-corrected chi connectivity index (χ4v) is 3.34. The third-order valence-electron chi connectivity index (χ3n) is 3.40. The zero-order valence-electron chi connectivity index (χ0n) is 10.9. The number of aliphatic carboxylic acids is 1. The number of hydrogen-bond donors (Lipinski definition) is 2. The van der Waals surface area contributed by atoms with Gasteiger partial charge >= 0.3 is 5.97 Å². The summed E-state index contributed by atoms with van der Waals surface area (Å²) in [6.45, 7) is 0.537. The van der Waals surface area contributed by atoms with E-state index in [0.29, 0.717) is 12.4 Å². The fourth-order valence-electron chi connectivity index (χ4n) is 2.44. The first-order valence-electron chi connectivity index (χ1n) is 6.27. The summed E-state index contributed by atoms with van der Waals surface area (Å²) < 4.78 is 0. The minimum atomic E-state index is -0.935. The van der Waals surface area contributed by atoms with E-state index in [9.17, 15) is 14.7 Å². The third-order valence-corrected chi connectivity index (χ3v) is 4.39. The molecule has 7 nitrogen and oxygen atoms in total. The van der Waals surface area contributed by atoms with E-state index in [1.165, 1.54) is 6.07 Å². The molecule has 1 amide bonds. The lowest BCUT2D eigenvalue weighted by atomic mass is 10.00. The molecule has 108 valence electrons. The Morgan fingerprint density at radius 2 is 2.14 bits per heavy atom. The van der Waals surface area contributed by atoms with Gasteiger partial charge in [0.15, 0.2) is 17.6 Å². The summed E-state index contributed by atoms with van der Waals surface area (Å²) in [7, 11) is 0. The third kappa shape index (κ3) is 2.33. The van der Waals surface area contributed by atoms with E-state index in [-0.39, 0.29) is 5.69 Å². The second kappa shape index (κ2) is 5.13. The largest absolute Gasteiger partial charge is 0.479 e. The lowest BCUT2D eigenvalue weighted by Gasteiger charge is -2.33. The van der Waals surface area contributed by atoms with Crippen LogP contribution >= 0.6 is 11.3 Å². The van der Waals surface area contributed by atoms with E-state index >= 15 is 0 Å². The number of carboxylic acids is 1. The molecule has 1 atom stereocenters. The highest BCUT2D eigenvalue weighted by molar-refractivity contribution is 7.10. The number of amides is 1. The van der Waals surface area contributed by atoms with Gasteiger partial charge in [-0.3, -0.25) is 4.79 Å². The molecular formula is C13H12N4O3S. The number of aromatic nitrogens is 2. The second-order valence-corrected chi connectivity index (χ2v) is 5.62. The van der Waals surface area contributed by atoms with E-state index in [2.05, 4.69) is 10.2 Å². The maximum absolute atomic E-state index is 11.6. The lowest BCUT2D eigenvalue weighted by molar-refractivity contribution is -0.138. The first-order chi connectivity index (χ1) is 10.1. The quantitative estimate of drug-likeness (QED) is 0.869. The normalized spacial score (nSPS) is 17.3. The number of nitrogens with two attached hydrogens (primary N) is 1. The Morgan fingerprint density at radius 1 is 1.33 bits per heavy atom. The second-order valence-electron chi connectivity index (χ2n) is 4.62. The molecule has 0 saturated heterocycles. The Labute approximate surface area is 124 Å². The van der Waals surface area contributed by atoms with Gasteiger partial charge in [0.05, 0.1) is 0 Å². The molecule has 1 aliphatic heterocycles. The molecule has 1 aliphatic rings. The maximum atomic E-state index is 11.6. The van der Waals surface area contributed by atoms with Crippen molar-refractivity contribution in [2.24, 2.45) is 5.73 Å². The number of carbonyl (C=O) groups is 2. The van der Waals surface area contributed by atoms with Crippen molar-refractivity contribution in [3.8, 4) is 0 Å². The van der Waals surface area contributed by atoms with Crippen LogP contribution in [-0.4, -0.2) is 33.7 Å². The molecule has 0 aromatic carbocycles. The van der Waals surface area contributed by atoms with Crippen LogP contribution in [0.4, 0.5) is 5.82 Å². The maximum Gasteiger partial charge on any atom is 0.331 e. The average molecular weight is 304 g/mol. The van der Waals surface area contributed by atoms with Crippen LogP contribution in [0.15, 0.2) is 23.6 Å². The molecule has 21 heavy (non-hydrogen) atoms. The Bertz CT molecular complexity index is 698. The highest BCUT2D eigenvalue weighted by Crippen LogP contribution is 2.35. The molecule has 2 aromatic rings. The van der Waals surface area contributed by atoms with Crippen molar-refractivity contribution in [1.29, 1.82) is 0 Å². The number of hydrogen-bond acceptors (Lipinski definition) is 6. The van der Waals surface area contributed by atoms with Crippen LogP contribution in [0.1, 0.15) is 27.0 Å². The van der Waals surface area contributed by atoms with Crippen LogP contribution in [0, 0.1) is 0 Å². The molecule has 0 aliphatic carbocycles. The molecule has 0 saturated carbocycles. The van der Waals surface area contributed by atoms with Gasteiger partial charge in [-0.1, -0.05) is 0 Å². The molecule has 8 heteroatoms. The summed E-state index contributed by atoms with van der Waals surface area (Å²) >= 11 is 1.56. The van der Waals surface area contributed by atoms with E-state index < -0.39 is 17.9 Å². The SMILES string of the molecule is NC(=O)c1ccc(N2CCc3sccc3C2C(=O)O)nn1. The number of nitrogens with zero attached hydrogens (tertiary/aromatic N) is 3. The summed E-state index contributed by atoms with van der Waals surface area (Å²) in [5.41, 5.74) is 5.97. The van der Waals surface area contributed by atoms with E-state index in [1.807, 2.05) is 11.4 Å². The van der Waals surface area contributed by atoms with Gasteiger partial charge in [-0.2, -0.15) is 0 Å². The molecule has 1 unspecified atom stereocenters. The Morgan fingerprint density at radius 3 is 2.76 bits per heavy atom. The number of fused-ring (bicyclic) bond motifs is 1. The first-order valence-corrected chi connectivity index (χ1v) is 7.15. The van der Waals surface area contributed by atoms with Crippen LogP contribution in [0.25, 0.3) is 0 Å². The molecular weight excluding hydrogens is 292 g/mol. The predicted octanol–water partition coefficient (Wildman–Crippen LogP) is 0.825. The summed E-state index contributed by atoms with van der Waals surface area (Å²) in [6.07, 6.45) is 0.760. The van der Waals surface area contributed by atoms with Gasteiger partial charge < -0.3 is 15.7 Å². The van der Waals surface area contributed by atoms with Crippen molar-refractivity contribution in [1.82, 2.24) is 10.2 Å². The number of anilines is 1. The standard InChI is InChI=1S/C13H12N4O3S/c14-12(18)8-1-2-10(16-15-8)17-5-3-9-7(4-6-21-9)11(17)13(19)20/h1-2,4,6,11H,3,5H2,(H2,14,18)(H,19,20). The summed E-state index contributed by atoms with van der Waals surface area (Å²) in [5.74, 6) is -1.18. The van der Waals surface area contributed by atoms with Gasteiger partial charge in [-0.15, -0.1) is 21.5 Å². The number of rotatable bonds is 3. The number of carbonyl (C=O) groups excluding carboxylic acids is 1. The molecule has 0 spiro atoms. The van der Waals surface area contributed by atoms with Crippen molar-refractivity contribution in [2.75, 3.05) is 11.4 Å². The topological polar surface area (TPSA) is 109 Å². The van der Waals surface area contributed by atoms with Gasteiger partial charge in [0, 0.05) is 11.4 Å². The lowest BCUT2D eigenvalue weighted by Crippen LogP contribution is -2.39. The Kier molecular flexibility index (Phi) is 3.30. The highest BCUT2D eigenvalue weighted by Gasteiger charge is 2.34. The number of primary amides is 1. The van der Waals surface area contributed by atoms with Gasteiger partial charge in [0.25, 0.3) is 5.91 Å². The van der Waals surface area contributed by atoms with Gasteiger partial charge in [0.2, 0.25) is 0 Å². The first kappa shape index (κ1) is 13.5. The van der Waals surface area contributed by atoms with E-state index in [4.69, 9.17) is 5.73 Å². The summed E-state index contributed by atoms with van der Waals surface area (Å²) in [4.78, 5) is 25.4.